The Balaban J connectivity index is 1.83. The fourth-order valence-electron chi connectivity index (χ4n) is 3.57. The second kappa shape index (κ2) is 7.47. The van der Waals surface area contributed by atoms with Gasteiger partial charge in [-0.05, 0) is 30.2 Å². The molecule has 132 valence electrons. The van der Waals surface area contributed by atoms with E-state index in [2.05, 4.69) is 42.2 Å². The van der Waals surface area contributed by atoms with Crippen LogP contribution in [0.3, 0.4) is 0 Å². The van der Waals surface area contributed by atoms with E-state index in [0.717, 1.165) is 23.1 Å². The van der Waals surface area contributed by atoms with Gasteiger partial charge in [0.25, 0.3) is 0 Å². The maximum absolute atomic E-state index is 9.94. The first-order valence-corrected chi connectivity index (χ1v) is 9.09. The highest BCUT2D eigenvalue weighted by Crippen LogP contribution is 2.45. The molecular weight excluding hydrogens is 332 g/mol. The number of pyridine rings is 1. The van der Waals surface area contributed by atoms with Crippen molar-refractivity contribution in [1.82, 2.24) is 4.98 Å². The lowest BCUT2D eigenvalue weighted by Crippen LogP contribution is -2.19. The van der Waals surface area contributed by atoms with Gasteiger partial charge in [0.05, 0.1) is 11.6 Å². The van der Waals surface area contributed by atoms with E-state index < -0.39 is 0 Å². The molecule has 2 aromatic carbocycles. The minimum Gasteiger partial charge on any atom is -0.484 e. The van der Waals surface area contributed by atoms with E-state index in [1.165, 1.54) is 5.56 Å². The average Bonchev–Trinajstić information content (AvgIpc) is 2.74. The molecule has 3 nitrogen and oxygen atoms in total. The van der Waals surface area contributed by atoms with Crippen molar-refractivity contribution in [3.8, 4) is 6.07 Å². The first-order valence-electron chi connectivity index (χ1n) is 9.09. The number of hydrogen-bond acceptors (Lipinski definition) is 3. The lowest BCUT2D eigenvalue weighted by Gasteiger charge is -2.32. The van der Waals surface area contributed by atoms with Gasteiger partial charge in [0.15, 0.2) is 0 Å². The summed E-state index contributed by atoms with van der Waals surface area (Å²) in [7, 11) is 0. The van der Waals surface area contributed by atoms with E-state index in [0.29, 0.717) is 11.3 Å². The molecule has 27 heavy (non-hydrogen) atoms. The monoisotopic (exact) mass is 352 g/mol. The summed E-state index contributed by atoms with van der Waals surface area (Å²) in [5.41, 5.74) is 5.05. The highest BCUT2D eigenvalue weighted by molar-refractivity contribution is 5.70. The molecule has 3 heteroatoms. The number of nitriles is 1. The van der Waals surface area contributed by atoms with Gasteiger partial charge >= 0.3 is 0 Å². The quantitative estimate of drug-likeness (QED) is 0.619. The number of rotatable bonds is 3. The molecule has 0 saturated carbocycles. The highest BCUT2D eigenvalue weighted by atomic mass is 16.5. The Bertz CT molecular complexity index is 986. The van der Waals surface area contributed by atoms with Crippen LogP contribution in [0.25, 0.3) is 5.76 Å². The molecule has 3 aromatic rings. The summed E-state index contributed by atoms with van der Waals surface area (Å²) in [5, 5.41) is 9.94. The van der Waals surface area contributed by atoms with Gasteiger partial charge in [-0.2, -0.15) is 5.26 Å². The molecule has 1 aliphatic rings. The zero-order valence-electron chi connectivity index (χ0n) is 15.2. The normalized spacial score (nSPS) is 19.3. The molecule has 0 saturated heterocycles. The molecule has 0 unspecified atom stereocenters. The minimum atomic E-state index is -0.101. The van der Waals surface area contributed by atoms with Gasteiger partial charge in [0.2, 0.25) is 0 Å². The summed E-state index contributed by atoms with van der Waals surface area (Å²) >= 11 is 0. The molecular formula is C24H20N2O. The Morgan fingerprint density at radius 2 is 1.63 bits per heavy atom. The standard InChI is InChI=1S/C24H20N2O/c1-17-7-9-19(10-8-17)23-15-21(18-11-13-26-14-12-18)22(16-25)24(27-23)20-5-3-2-4-6-20/h2-14,21,23H,15H2,1H3/t21-,23-/m0/s1. The van der Waals surface area contributed by atoms with Crippen LogP contribution in [0.4, 0.5) is 0 Å². The second-order valence-corrected chi connectivity index (χ2v) is 6.81. The Morgan fingerprint density at radius 3 is 2.30 bits per heavy atom. The first-order chi connectivity index (χ1) is 13.3. The van der Waals surface area contributed by atoms with Gasteiger partial charge in [-0.25, -0.2) is 0 Å². The van der Waals surface area contributed by atoms with Crippen molar-refractivity contribution in [2.75, 3.05) is 0 Å². The lowest BCUT2D eigenvalue weighted by atomic mass is 9.82. The molecule has 0 radical (unpaired) electrons. The van der Waals surface area contributed by atoms with Crippen LogP contribution in [0, 0.1) is 18.3 Å². The van der Waals surface area contributed by atoms with Crippen LogP contribution in [0.2, 0.25) is 0 Å². The van der Waals surface area contributed by atoms with Crippen molar-refractivity contribution in [3.05, 3.63) is 107 Å². The third-order valence-electron chi connectivity index (χ3n) is 5.02. The fourth-order valence-corrected chi connectivity index (χ4v) is 3.57. The topological polar surface area (TPSA) is 45.9 Å². The van der Waals surface area contributed by atoms with Crippen LogP contribution in [-0.2, 0) is 4.74 Å². The van der Waals surface area contributed by atoms with Gasteiger partial charge in [0.1, 0.15) is 11.9 Å². The van der Waals surface area contributed by atoms with Crippen molar-refractivity contribution >= 4 is 5.76 Å². The zero-order valence-corrected chi connectivity index (χ0v) is 15.2. The summed E-state index contributed by atoms with van der Waals surface area (Å²) in [6.45, 7) is 2.08. The molecule has 0 bridgehead atoms. The maximum Gasteiger partial charge on any atom is 0.141 e. The summed E-state index contributed by atoms with van der Waals surface area (Å²) in [5.74, 6) is 0.657. The highest BCUT2D eigenvalue weighted by Gasteiger charge is 2.33. The number of allylic oxidation sites excluding steroid dienone is 1. The van der Waals surface area contributed by atoms with E-state index >= 15 is 0 Å². The number of aryl methyl sites for hydroxylation is 1. The molecule has 0 spiro atoms. The van der Waals surface area contributed by atoms with Crippen LogP contribution in [0.1, 0.15) is 40.7 Å². The Labute approximate surface area is 159 Å². The third-order valence-corrected chi connectivity index (χ3v) is 5.02. The van der Waals surface area contributed by atoms with Gasteiger partial charge < -0.3 is 4.74 Å². The summed E-state index contributed by atoms with van der Waals surface area (Å²) < 4.78 is 6.40. The maximum atomic E-state index is 9.94. The molecule has 1 aromatic heterocycles. The molecule has 0 N–H and O–H groups in total. The van der Waals surface area contributed by atoms with Crippen molar-refractivity contribution < 1.29 is 4.74 Å². The zero-order chi connectivity index (χ0) is 18.6. The van der Waals surface area contributed by atoms with Gasteiger partial charge in [0, 0.05) is 30.3 Å². The molecule has 1 aliphatic heterocycles. The smallest absolute Gasteiger partial charge is 0.141 e. The lowest BCUT2D eigenvalue weighted by molar-refractivity contribution is 0.138. The molecule has 2 heterocycles. The van der Waals surface area contributed by atoms with E-state index in [1.54, 1.807) is 12.4 Å². The van der Waals surface area contributed by atoms with E-state index in [1.807, 2.05) is 42.5 Å². The summed E-state index contributed by atoms with van der Waals surface area (Å²) in [6, 6.07) is 24.7. The van der Waals surface area contributed by atoms with Crippen molar-refractivity contribution in [3.63, 3.8) is 0 Å². The number of hydrogen-bond donors (Lipinski definition) is 0. The number of aromatic nitrogens is 1. The van der Waals surface area contributed by atoms with Crippen molar-refractivity contribution in [2.24, 2.45) is 0 Å². The van der Waals surface area contributed by atoms with Crippen LogP contribution < -0.4 is 0 Å². The molecule has 0 aliphatic carbocycles. The van der Waals surface area contributed by atoms with E-state index in [4.69, 9.17) is 4.74 Å². The molecule has 0 amide bonds. The van der Waals surface area contributed by atoms with Gasteiger partial charge in [-0.1, -0.05) is 60.2 Å². The second-order valence-electron chi connectivity index (χ2n) is 6.81. The number of nitrogens with zero attached hydrogens (tertiary/aromatic N) is 2. The number of benzene rings is 2. The average molecular weight is 352 g/mol. The fraction of sp³-hybridized carbons (Fsp3) is 0.167. The predicted octanol–water partition coefficient (Wildman–Crippen LogP) is 5.57. The van der Waals surface area contributed by atoms with Crippen LogP contribution in [0.5, 0.6) is 0 Å². The Hall–Kier alpha value is -3.38. The molecule has 2 atom stereocenters. The first kappa shape index (κ1) is 17.1. The molecule has 0 fully saturated rings. The van der Waals surface area contributed by atoms with Crippen molar-refractivity contribution in [2.45, 2.75) is 25.4 Å². The van der Waals surface area contributed by atoms with Crippen LogP contribution in [-0.4, -0.2) is 4.98 Å². The Kier molecular flexibility index (Phi) is 4.72. The Morgan fingerprint density at radius 1 is 0.926 bits per heavy atom. The van der Waals surface area contributed by atoms with Gasteiger partial charge in [-0.15, -0.1) is 0 Å². The SMILES string of the molecule is Cc1ccc([C@@H]2C[C@@H](c3ccncc3)C(C#N)=C(c3ccccc3)O2)cc1. The van der Waals surface area contributed by atoms with Crippen molar-refractivity contribution in [1.29, 1.82) is 5.26 Å². The van der Waals surface area contributed by atoms with Crippen LogP contribution >= 0.6 is 0 Å². The number of ether oxygens (including phenoxy) is 1. The van der Waals surface area contributed by atoms with Crippen LogP contribution in [0.15, 0.2) is 84.7 Å². The third kappa shape index (κ3) is 3.47. The summed E-state index contributed by atoms with van der Waals surface area (Å²) in [4.78, 5) is 4.12. The van der Waals surface area contributed by atoms with E-state index in [9.17, 15) is 5.26 Å². The van der Waals surface area contributed by atoms with Gasteiger partial charge in [-0.3, -0.25) is 4.98 Å². The molecule has 4 rings (SSSR count). The predicted molar refractivity (Wildman–Crippen MR) is 106 cm³/mol. The summed E-state index contributed by atoms with van der Waals surface area (Å²) in [6.07, 6.45) is 4.19. The minimum absolute atomic E-state index is 0.0201. The van der Waals surface area contributed by atoms with E-state index in [-0.39, 0.29) is 12.0 Å². The largest absolute Gasteiger partial charge is 0.484 e.